The van der Waals surface area contributed by atoms with Gasteiger partial charge in [-0.1, -0.05) is 31.2 Å². The molecule has 0 aliphatic heterocycles. The van der Waals surface area contributed by atoms with Crippen LogP contribution in [-0.2, 0) is 18.0 Å². The van der Waals surface area contributed by atoms with Crippen LogP contribution in [0.25, 0.3) is 0 Å². The van der Waals surface area contributed by atoms with Crippen LogP contribution in [0.4, 0.5) is 5.69 Å². The van der Waals surface area contributed by atoms with Gasteiger partial charge >= 0.3 is 0 Å². The molecule has 0 saturated carbocycles. The maximum Gasteiger partial charge on any atom is 0.237 e. The van der Waals surface area contributed by atoms with Gasteiger partial charge in [-0.15, -0.1) is 11.8 Å². The second kappa shape index (κ2) is 8.72. The molecule has 1 atom stereocenters. The monoisotopic (exact) mass is 331 g/mol. The third-order valence-corrected chi connectivity index (χ3v) is 4.75. The van der Waals surface area contributed by atoms with Gasteiger partial charge in [-0.2, -0.15) is 0 Å². The van der Waals surface area contributed by atoms with Gasteiger partial charge in [-0.05, 0) is 41.8 Å². The van der Waals surface area contributed by atoms with Crippen molar-refractivity contribution < 1.29 is 15.0 Å². The van der Waals surface area contributed by atoms with Crippen LogP contribution in [0.1, 0.15) is 24.5 Å². The van der Waals surface area contributed by atoms with Gasteiger partial charge in [0, 0.05) is 10.6 Å². The zero-order valence-corrected chi connectivity index (χ0v) is 13.8. The highest BCUT2D eigenvalue weighted by Gasteiger charge is 2.18. The van der Waals surface area contributed by atoms with Gasteiger partial charge in [0.15, 0.2) is 0 Å². The molecule has 23 heavy (non-hydrogen) atoms. The van der Waals surface area contributed by atoms with E-state index in [2.05, 4.69) is 5.32 Å². The molecule has 2 aromatic rings. The maximum absolute atomic E-state index is 12.5. The summed E-state index contributed by atoms with van der Waals surface area (Å²) >= 11 is 1.53. The summed E-state index contributed by atoms with van der Waals surface area (Å²) < 4.78 is 0. The van der Waals surface area contributed by atoms with Gasteiger partial charge < -0.3 is 15.5 Å². The van der Waals surface area contributed by atoms with E-state index in [1.54, 1.807) is 18.2 Å². The van der Waals surface area contributed by atoms with E-state index >= 15 is 0 Å². The first kappa shape index (κ1) is 17.5. The Hall–Kier alpha value is -1.82. The Morgan fingerprint density at radius 2 is 1.70 bits per heavy atom. The molecule has 0 aromatic heterocycles. The molecule has 0 radical (unpaired) electrons. The molecular formula is C18H21NO3S. The summed E-state index contributed by atoms with van der Waals surface area (Å²) in [4.78, 5) is 13.5. The van der Waals surface area contributed by atoms with Crippen LogP contribution >= 0.6 is 11.8 Å². The number of aliphatic hydroxyl groups is 2. The Labute approximate surface area is 140 Å². The van der Waals surface area contributed by atoms with E-state index in [0.29, 0.717) is 23.2 Å². The second-order valence-corrected chi connectivity index (χ2v) is 6.45. The third-order valence-electron chi connectivity index (χ3n) is 3.37. The summed E-state index contributed by atoms with van der Waals surface area (Å²) in [6.45, 7) is 1.71. The summed E-state index contributed by atoms with van der Waals surface area (Å²) in [5, 5.41) is 21.2. The predicted molar refractivity (Wildman–Crippen MR) is 93.3 cm³/mol. The topological polar surface area (TPSA) is 69.6 Å². The number of hydrogen-bond acceptors (Lipinski definition) is 4. The van der Waals surface area contributed by atoms with E-state index in [0.717, 1.165) is 4.90 Å². The number of thioether (sulfide) groups is 1. The van der Waals surface area contributed by atoms with Gasteiger partial charge in [0.25, 0.3) is 0 Å². The van der Waals surface area contributed by atoms with Gasteiger partial charge in [-0.3, -0.25) is 4.79 Å². The number of nitrogens with one attached hydrogen (secondary N) is 1. The highest BCUT2D eigenvalue weighted by Crippen LogP contribution is 2.26. The Morgan fingerprint density at radius 3 is 2.22 bits per heavy atom. The second-order valence-electron chi connectivity index (χ2n) is 5.17. The summed E-state index contributed by atoms with van der Waals surface area (Å²) in [5.41, 5.74) is 1.92. The normalized spacial score (nSPS) is 12.0. The van der Waals surface area contributed by atoms with Crippen molar-refractivity contribution in [3.8, 4) is 0 Å². The molecule has 1 unspecified atom stereocenters. The third kappa shape index (κ3) is 5.10. The summed E-state index contributed by atoms with van der Waals surface area (Å²) in [5.74, 6) is -0.0830. The van der Waals surface area contributed by atoms with Crippen LogP contribution in [-0.4, -0.2) is 21.4 Å². The van der Waals surface area contributed by atoms with Gasteiger partial charge in [-0.25, -0.2) is 0 Å². The van der Waals surface area contributed by atoms with Crippen LogP contribution in [0.2, 0.25) is 0 Å². The number of carbonyl (C=O) groups excluding carboxylic acids is 1. The van der Waals surface area contributed by atoms with Crippen molar-refractivity contribution in [3.05, 3.63) is 59.7 Å². The summed E-state index contributed by atoms with van der Waals surface area (Å²) in [6.07, 6.45) is 0.706. The van der Waals surface area contributed by atoms with Gasteiger partial charge in [0.1, 0.15) is 0 Å². The molecule has 4 nitrogen and oxygen atoms in total. The molecule has 0 spiro atoms. The van der Waals surface area contributed by atoms with Crippen molar-refractivity contribution in [2.75, 3.05) is 5.32 Å². The quantitative estimate of drug-likeness (QED) is 0.682. The standard InChI is InChI=1S/C18H21NO3S/c1-2-17(23-16-6-4-3-5-7-16)18(22)19-15-9-13(11-20)8-14(10-15)12-21/h3-10,17,20-21H,2,11-12H2,1H3,(H,19,22). The zero-order valence-electron chi connectivity index (χ0n) is 13.0. The van der Waals surface area contributed by atoms with E-state index in [-0.39, 0.29) is 24.4 Å². The van der Waals surface area contributed by atoms with Crippen molar-refractivity contribution in [1.82, 2.24) is 0 Å². The van der Waals surface area contributed by atoms with E-state index in [4.69, 9.17) is 0 Å². The molecule has 0 aliphatic carbocycles. The predicted octanol–water partition coefficient (Wildman–Crippen LogP) is 3.18. The average Bonchev–Trinajstić information content (AvgIpc) is 2.59. The number of anilines is 1. The Bertz CT molecular complexity index is 624. The fourth-order valence-electron chi connectivity index (χ4n) is 2.23. The van der Waals surface area contributed by atoms with Crippen LogP contribution in [0.5, 0.6) is 0 Å². The summed E-state index contributed by atoms with van der Waals surface area (Å²) in [6, 6.07) is 15.0. The Morgan fingerprint density at radius 1 is 1.09 bits per heavy atom. The molecule has 0 bridgehead atoms. The molecule has 2 rings (SSSR count). The minimum absolute atomic E-state index is 0.0830. The highest BCUT2D eigenvalue weighted by molar-refractivity contribution is 8.00. The molecule has 122 valence electrons. The van der Waals surface area contributed by atoms with Crippen molar-refractivity contribution in [3.63, 3.8) is 0 Å². The number of hydrogen-bond donors (Lipinski definition) is 3. The zero-order chi connectivity index (χ0) is 16.7. The first-order valence-electron chi connectivity index (χ1n) is 7.53. The van der Waals surface area contributed by atoms with Crippen molar-refractivity contribution in [1.29, 1.82) is 0 Å². The first-order valence-corrected chi connectivity index (χ1v) is 8.41. The largest absolute Gasteiger partial charge is 0.392 e. The number of benzene rings is 2. The van der Waals surface area contributed by atoms with Crippen LogP contribution in [0.3, 0.4) is 0 Å². The Kier molecular flexibility index (Phi) is 6.65. The fourth-order valence-corrected chi connectivity index (χ4v) is 3.20. The Balaban J connectivity index is 2.10. The highest BCUT2D eigenvalue weighted by atomic mass is 32.2. The maximum atomic E-state index is 12.5. The molecule has 0 fully saturated rings. The van der Waals surface area contributed by atoms with Crippen molar-refractivity contribution in [2.45, 2.75) is 36.7 Å². The molecule has 0 aliphatic rings. The lowest BCUT2D eigenvalue weighted by Crippen LogP contribution is -2.24. The molecule has 2 aromatic carbocycles. The lowest BCUT2D eigenvalue weighted by molar-refractivity contribution is -0.115. The molecule has 5 heteroatoms. The minimum Gasteiger partial charge on any atom is -0.392 e. The molecule has 0 heterocycles. The molecule has 1 amide bonds. The fraction of sp³-hybridized carbons (Fsp3) is 0.278. The molecule has 3 N–H and O–H groups in total. The van der Waals surface area contributed by atoms with E-state index in [9.17, 15) is 15.0 Å². The van der Waals surface area contributed by atoms with Crippen LogP contribution < -0.4 is 5.32 Å². The lowest BCUT2D eigenvalue weighted by Gasteiger charge is -2.16. The van der Waals surface area contributed by atoms with Gasteiger partial charge in [0.2, 0.25) is 5.91 Å². The van der Waals surface area contributed by atoms with Crippen molar-refractivity contribution >= 4 is 23.4 Å². The summed E-state index contributed by atoms with van der Waals surface area (Å²) in [7, 11) is 0. The number of rotatable bonds is 7. The number of aliphatic hydroxyl groups excluding tert-OH is 2. The molecule has 0 saturated heterocycles. The SMILES string of the molecule is CCC(Sc1ccccc1)C(=O)Nc1cc(CO)cc(CO)c1. The molecular weight excluding hydrogens is 310 g/mol. The number of carbonyl (C=O) groups is 1. The lowest BCUT2D eigenvalue weighted by atomic mass is 10.1. The van der Waals surface area contributed by atoms with E-state index in [1.165, 1.54) is 11.8 Å². The van der Waals surface area contributed by atoms with Gasteiger partial charge in [0.05, 0.1) is 18.5 Å². The minimum atomic E-state index is -0.201. The van der Waals surface area contributed by atoms with E-state index in [1.807, 2.05) is 37.3 Å². The number of amides is 1. The van der Waals surface area contributed by atoms with Crippen LogP contribution in [0, 0.1) is 0 Å². The average molecular weight is 331 g/mol. The smallest absolute Gasteiger partial charge is 0.237 e. The van der Waals surface area contributed by atoms with E-state index < -0.39 is 0 Å². The van der Waals surface area contributed by atoms with Crippen LogP contribution in [0.15, 0.2) is 53.4 Å². The van der Waals surface area contributed by atoms with Crippen molar-refractivity contribution in [2.24, 2.45) is 0 Å². The first-order chi connectivity index (χ1) is 11.2.